The standard InChI is InChI=1S/C12H18BrNO3/c1-14-6-5-8-7-9(15-2)12(17-4)10(13)11(8)16-3/h7,14H,5-6H2,1-4H3. The van der Waals surface area contributed by atoms with E-state index in [4.69, 9.17) is 14.2 Å². The molecular formula is C12H18BrNO3. The summed E-state index contributed by atoms with van der Waals surface area (Å²) in [6.45, 7) is 0.873. The molecule has 0 aliphatic heterocycles. The van der Waals surface area contributed by atoms with E-state index in [1.165, 1.54) is 0 Å². The lowest BCUT2D eigenvalue weighted by molar-refractivity contribution is 0.344. The Morgan fingerprint density at radius 3 is 2.24 bits per heavy atom. The minimum atomic E-state index is 0.651. The van der Waals surface area contributed by atoms with E-state index >= 15 is 0 Å². The monoisotopic (exact) mass is 303 g/mol. The van der Waals surface area contributed by atoms with E-state index in [-0.39, 0.29) is 0 Å². The number of rotatable bonds is 6. The Morgan fingerprint density at radius 2 is 1.76 bits per heavy atom. The minimum absolute atomic E-state index is 0.651. The summed E-state index contributed by atoms with van der Waals surface area (Å²) < 4.78 is 16.8. The molecule has 0 bridgehead atoms. The number of hydrogen-bond acceptors (Lipinski definition) is 4. The molecule has 0 heterocycles. The SMILES string of the molecule is CNCCc1cc(OC)c(OC)c(Br)c1OC. The zero-order chi connectivity index (χ0) is 12.8. The highest BCUT2D eigenvalue weighted by Crippen LogP contribution is 2.44. The quantitative estimate of drug-likeness (QED) is 0.875. The molecule has 96 valence electrons. The lowest BCUT2D eigenvalue weighted by atomic mass is 10.1. The number of methoxy groups -OCH3 is 3. The highest BCUT2D eigenvalue weighted by Gasteiger charge is 2.18. The fourth-order valence-corrected chi connectivity index (χ4v) is 2.42. The van der Waals surface area contributed by atoms with Crippen LogP contribution in [0.25, 0.3) is 0 Å². The highest BCUT2D eigenvalue weighted by atomic mass is 79.9. The number of ether oxygens (including phenoxy) is 3. The third kappa shape index (κ3) is 3.04. The van der Waals surface area contributed by atoms with Crippen LogP contribution in [0, 0.1) is 0 Å². The van der Waals surface area contributed by atoms with E-state index in [0.29, 0.717) is 11.5 Å². The number of hydrogen-bond donors (Lipinski definition) is 1. The van der Waals surface area contributed by atoms with Crippen molar-refractivity contribution >= 4 is 15.9 Å². The summed E-state index contributed by atoms with van der Waals surface area (Å²) in [4.78, 5) is 0. The van der Waals surface area contributed by atoms with Gasteiger partial charge in [0.2, 0.25) is 0 Å². The Bertz CT molecular complexity index is 383. The third-order valence-electron chi connectivity index (χ3n) is 2.49. The van der Waals surface area contributed by atoms with Crippen molar-refractivity contribution < 1.29 is 14.2 Å². The van der Waals surface area contributed by atoms with Gasteiger partial charge in [-0.1, -0.05) is 0 Å². The summed E-state index contributed by atoms with van der Waals surface area (Å²) in [6, 6.07) is 1.94. The molecule has 0 amide bonds. The lowest BCUT2D eigenvalue weighted by Crippen LogP contribution is -2.11. The molecule has 1 aromatic carbocycles. The molecular weight excluding hydrogens is 286 g/mol. The first-order valence-corrected chi connectivity index (χ1v) is 6.10. The van der Waals surface area contributed by atoms with Crippen LogP contribution in [0.3, 0.4) is 0 Å². The molecule has 0 saturated carbocycles. The number of halogens is 1. The third-order valence-corrected chi connectivity index (χ3v) is 3.21. The van der Waals surface area contributed by atoms with Gasteiger partial charge in [-0.3, -0.25) is 0 Å². The van der Waals surface area contributed by atoms with Gasteiger partial charge in [0.15, 0.2) is 11.5 Å². The van der Waals surface area contributed by atoms with Crippen molar-refractivity contribution in [2.75, 3.05) is 34.9 Å². The lowest BCUT2D eigenvalue weighted by Gasteiger charge is -2.16. The first kappa shape index (κ1) is 14.1. The fourth-order valence-electron chi connectivity index (χ4n) is 1.65. The van der Waals surface area contributed by atoms with Crippen LogP contribution in [0.4, 0.5) is 0 Å². The van der Waals surface area contributed by atoms with Gasteiger partial charge in [-0.2, -0.15) is 0 Å². The van der Waals surface area contributed by atoms with Crippen LogP contribution >= 0.6 is 15.9 Å². The molecule has 1 rings (SSSR count). The summed E-state index contributed by atoms with van der Waals surface area (Å²) in [7, 11) is 6.80. The van der Waals surface area contributed by atoms with Gasteiger partial charge in [0.05, 0.1) is 21.3 Å². The molecule has 0 aliphatic carbocycles. The predicted molar refractivity (Wildman–Crippen MR) is 71.4 cm³/mol. The van der Waals surface area contributed by atoms with Gasteiger partial charge in [0, 0.05) is 5.56 Å². The van der Waals surface area contributed by atoms with E-state index in [9.17, 15) is 0 Å². The van der Waals surface area contributed by atoms with Gasteiger partial charge in [0.1, 0.15) is 10.2 Å². The largest absolute Gasteiger partial charge is 0.495 e. The molecule has 0 unspecified atom stereocenters. The second kappa shape index (κ2) is 6.71. The summed E-state index contributed by atoms with van der Waals surface area (Å²) in [5.74, 6) is 2.14. The van der Waals surface area contributed by atoms with Crippen molar-refractivity contribution in [2.45, 2.75) is 6.42 Å². The second-order valence-corrected chi connectivity index (χ2v) is 4.26. The zero-order valence-corrected chi connectivity index (χ0v) is 12.2. The summed E-state index contributed by atoms with van der Waals surface area (Å²) in [5, 5.41) is 3.11. The molecule has 0 fully saturated rings. The molecule has 5 heteroatoms. The average Bonchev–Trinajstić information content (AvgIpc) is 2.35. The summed E-state index contributed by atoms with van der Waals surface area (Å²) in [5.41, 5.74) is 1.08. The Morgan fingerprint density at radius 1 is 1.12 bits per heavy atom. The van der Waals surface area contributed by atoms with E-state index in [1.807, 2.05) is 13.1 Å². The summed E-state index contributed by atoms with van der Waals surface area (Å²) in [6.07, 6.45) is 0.860. The molecule has 0 spiro atoms. The van der Waals surface area contributed by atoms with Crippen LogP contribution < -0.4 is 19.5 Å². The zero-order valence-electron chi connectivity index (χ0n) is 10.6. The minimum Gasteiger partial charge on any atom is -0.495 e. The maximum Gasteiger partial charge on any atom is 0.178 e. The summed E-state index contributed by atoms with van der Waals surface area (Å²) >= 11 is 3.49. The average molecular weight is 304 g/mol. The van der Waals surface area contributed by atoms with E-state index in [1.54, 1.807) is 21.3 Å². The first-order chi connectivity index (χ1) is 8.19. The number of likely N-dealkylation sites (N-methyl/N-ethyl adjacent to an activating group) is 1. The molecule has 0 aromatic heterocycles. The Labute approximate surface area is 110 Å². The molecule has 4 nitrogen and oxygen atoms in total. The van der Waals surface area contributed by atoms with Gasteiger partial charge < -0.3 is 19.5 Å². The van der Waals surface area contributed by atoms with Gasteiger partial charge in [-0.25, -0.2) is 0 Å². The van der Waals surface area contributed by atoms with Crippen LogP contribution in [-0.4, -0.2) is 34.9 Å². The van der Waals surface area contributed by atoms with E-state index in [0.717, 1.165) is 28.8 Å². The number of benzene rings is 1. The molecule has 0 radical (unpaired) electrons. The van der Waals surface area contributed by atoms with Crippen LogP contribution in [0.5, 0.6) is 17.2 Å². The van der Waals surface area contributed by atoms with Crippen molar-refractivity contribution in [3.05, 3.63) is 16.1 Å². The maximum atomic E-state index is 5.40. The highest BCUT2D eigenvalue weighted by molar-refractivity contribution is 9.10. The van der Waals surface area contributed by atoms with Gasteiger partial charge in [0.25, 0.3) is 0 Å². The van der Waals surface area contributed by atoms with Crippen LogP contribution in [0.1, 0.15) is 5.56 Å². The Balaban J connectivity index is 3.24. The molecule has 1 N–H and O–H groups in total. The Hall–Kier alpha value is -0.940. The van der Waals surface area contributed by atoms with Crippen LogP contribution in [-0.2, 0) is 6.42 Å². The van der Waals surface area contributed by atoms with E-state index < -0.39 is 0 Å². The van der Waals surface area contributed by atoms with Crippen molar-refractivity contribution in [3.63, 3.8) is 0 Å². The molecule has 17 heavy (non-hydrogen) atoms. The topological polar surface area (TPSA) is 39.7 Å². The van der Waals surface area contributed by atoms with Gasteiger partial charge in [-0.15, -0.1) is 0 Å². The maximum absolute atomic E-state index is 5.40. The van der Waals surface area contributed by atoms with Crippen LogP contribution in [0.15, 0.2) is 10.5 Å². The van der Waals surface area contributed by atoms with Gasteiger partial charge >= 0.3 is 0 Å². The van der Waals surface area contributed by atoms with E-state index in [2.05, 4.69) is 21.2 Å². The molecule has 0 aliphatic rings. The normalized spacial score (nSPS) is 10.2. The van der Waals surface area contributed by atoms with Crippen molar-refractivity contribution in [1.82, 2.24) is 5.32 Å². The molecule has 0 saturated heterocycles. The van der Waals surface area contributed by atoms with Crippen molar-refractivity contribution in [3.8, 4) is 17.2 Å². The van der Waals surface area contributed by atoms with Crippen LogP contribution in [0.2, 0.25) is 0 Å². The first-order valence-electron chi connectivity index (χ1n) is 5.31. The fraction of sp³-hybridized carbons (Fsp3) is 0.500. The number of nitrogens with one attached hydrogen (secondary N) is 1. The predicted octanol–water partition coefficient (Wildman–Crippen LogP) is 2.24. The van der Waals surface area contributed by atoms with Crippen molar-refractivity contribution in [1.29, 1.82) is 0 Å². The second-order valence-electron chi connectivity index (χ2n) is 3.47. The smallest absolute Gasteiger partial charge is 0.178 e. The molecule has 0 atom stereocenters. The van der Waals surface area contributed by atoms with Gasteiger partial charge in [-0.05, 0) is 42.0 Å². The Kier molecular flexibility index (Phi) is 5.58. The van der Waals surface area contributed by atoms with Crippen molar-refractivity contribution in [2.24, 2.45) is 0 Å². The molecule has 1 aromatic rings.